The zero-order valence-corrected chi connectivity index (χ0v) is 10.9. The Kier molecular flexibility index (Phi) is 4.29. The summed E-state index contributed by atoms with van der Waals surface area (Å²) in [6.45, 7) is 7.67. The maximum absolute atomic E-state index is 4.26. The number of hydrazine groups is 1. The van der Waals surface area contributed by atoms with E-state index in [-0.39, 0.29) is 0 Å². The Labute approximate surface area is 101 Å². The van der Waals surface area contributed by atoms with Crippen molar-refractivity contribution in [2.75, 3.05) is 39.8 Å². The molecule has 1 aliphatic rings. The van der Waals surface area contributed by atoms with Gasteiger partial charge in [0.2, 0.25) is 0 Å². The van der Waals surface area contributed by atoms with Crippen LogP contribution < -0.4 is 5.43 Å². The fraction of sp³-hybridized carbons (Fsp3) is 0.727. The molecule has 1 fully saturated rings. The molecule has 16 heavy (non-hydrogen) atoms. The summed E-state index contributed by atoms with van der Waals surface area (Å²) >= 11 is 1.76. The Balaban J connectivity index is 1.67. The van der Waals surface area contributed by atoms with Crippen molar-refractivity contribution in [2.45, 2.75) is 13.3 Å². The van der Waals surface area contributed by atoms with Crippen LogP contribution in [0.25, 0.3) is 0 Å². The average Bonchev–Trinajstić information content (AvgIpc) is 2.68. The first-order chi connectivity index (χ1) is 7.75. The topological polar surface area (TPSA) is 31.4 Å². The van der Waals surface area contributed by atoms with Gasteiger partial charge in [-0.05, 0) is 20.4 Å². The Bertz CT molecular complexity index is 318. The molecule has 0 saturated carbocycles. The van der Waals surface area contributed by atoms with Crippen LogP contribution in [0.3, 0.4) is 0 Å². The van der Waals surface area contributed by atoms with Crippen LogP contribution in [0.5, 0.6) is 0 Å². The lowest BCUT2D eigenvalue weighted by atomic mass is 10.3. The van der Waals surface area contributed by atoms with Crippen LogP contribution in [0.2, 0.25) is 0 Å². The summed E-state index contributed by atoms with van der Waals surface area (Å²) in [5.74, 6) is 0. The maximum atomic E-state index is 4.26. The van der Waals surface area contributed by atoms with E-state index >= 15 is 0 Å². The standard InChI is InChI=1S/C11H20N4S/c1-10-11(16-9-12-10)3-4-13-15-7-5-14(2)6-8-15/h9,13H,3-8H2,1-2H3. The number of aromatic nitrogens is 1. The Hall–Kier alpha value is -0.490. The van der Waals surface area contributed by atoms with E-state index in [4.69, 9.17) is 0 Å². The Morgan fingerprint density at radius 3 is 2.75 bits per heavy atom. The molecule has 1 aromatic rings. The number of nitrogens with one attached hydrogen (secondary N) is 1. The smallest absolute Gasteiger partial charge is 0.0797 e. The zero-order valence-electron chi connectivity index (χ0n) is 10.1. The predicted octanol–water partition coefficient (Wildman–Crippen LogP) is 0.746. The van der Waals surface area contributed by atoms with E-state index in [2.05, 4.69) is 34.3 Å². The van der Waals surface area contributed by atoms with E-state index in [1.165, 1.54) is 10.6 Å². The van der Waals surface area contributed by atoms with Crippen LogP contribution in [0.15, 0.2) is 5.51 Å². The molecule has 2 heterocycles. The molecule has 0 bridgehead atoms. The van der Waals surface area contributed by atoms with Crippen molar-refractivity contribution >= 4 is 11.3 Å². The van der Waals surface area contributed by atoms with Gasteiger partial charge in [-0.25, -0.2) is 9.99 Å². The minimum Gasteiger partial charge on any atom is -0.304 e. The molecule has 90 valence electrons. The van der Waals surface area contributed by atoms with Crippen molar-refractivity contribution in [3.63, 3.8) is 0 Å². The fourth-order valence-electron chi connectivity index (χ4n) is 1.86. The van der Waals surface area contributed by atoms with Crippen LogP contribution in [0.1, 0.15) is 10.6 Å². The average molecular weight is 240 g/mol. The van der Waals surface area contributed by atoms with Gasteiger partial charge in [0.05, 0.1) is 11.2 Å². The third kappa shape index (κ3) is 3.25. The highest BCUT2D eigenvalue weighted by molar-refractivity contribution is 7.09. The molecule has 0 spiro atoms. The molecule has 0 atom stereocenters. The van der Waals surface area contributed by atoms with Gasteiger partial charge in [0, 0.05) is 37.6 Å². The van der Waals surface area contributed by atoms with Crippen molar-refractivity contribution in [3.05, 3.63) is 16.1 Å². The molecular weight excluding hydrogens is 220 g/mol. The maximum Gasteiger partial charge on any atom is 0.0797 e. The zero-order chi connectivity index (χ0) is 11.4. The Morgan fingerprint density at radius 1 is 1.38 bits per heavy atom. The van der Waals surface area contributed by atoms with Crippen LogP contribution in [-0.2, 0) is 6.42 Å². The summed E-state index contributed by atoms with van der Waals surface area (Å²) < 4.78 is 0. The largest absolute Gasteiger partial charge is 0.304 e. The number of hydrogen-bond donors (Lipinski definition) is 1. The van der Waals surface area contributed by atoms with E-state index in [1.807, 2.05) is 5.51 Å². The molecule has 0 unspecified atom stereocenters. The van der Waals surface area contributed by atoms with Crippen LogP contribution in [-0.4, -0.2) is 54.7 Å². The van der Waals surface area contributed by atoms with E-state index < -0.39 is 0 Å². The minimum absolute atomic E-state index is 1.02. The number of piperazine rings is 1. The number of thiazole rings is 1. The third-order valence-electron chi connectivity index (χ3n) is 3.04. The second-order valence-corrected chi connectivity index (χ2v) is 5.25. The second-order valence-electron chi connectivity index (χ2n) is 4.31. The number of rotatable bonds is 4. The summed E-state index contributed by atoms with van der Waals surface area (Å²) in [5, 5.41) is 2.33. The van der Waals surface area contributed by atoms with Gasteiger partial charge in [-0.3, -0.25) is 5.43 Å². The number of aryl methyl sites for hydroxylation is 1. The SMILES string of the molecule is Cc1ncsc1CCNN1CCN(C)CC1. The summed E-state index contributed by atoms with van der Waals surface area (Å²) in [6, 6.07) is 0. The minimum atomic E-state index is 1.02. The first-order valence-corrected chi connectivity index (χ1v) is 6.69. The van der Waals surface area contributed by atoms with Crippen LogP contribution >= 0.6 is 11.3 Å². The molecule has 0 radical (unpaired) electrons. The molecule has 5 heteroatoms. The third-order valence-corrected chi connectivity index (χ3v) is 4.03. The van der Waals surface area contributed by atoms with Crippen molar-refractivity contribution in [3.8, 4) is 0 Å². The number of nitrogens with zero attached hydrogens (tertiary/aromatic N) is 3. The molecule has 4 nitrogen and oxygen atoms in total. The van der Waals surface area contributed by atoms with Crippen molar-refractivity contribution in [1.82, 2.24) is 20.3 Å². The van der Waals surface area contributed by atoms with Gasteiger partial charge in [-0.1, -0.05) is 0 Å². The Morgan fingerprint density at radius 2 is 2.12 bits per heavy atom. The molecule has 2 rings (SSSR count). The monoisotopic (exact) mass is 240 g/mol. The van der Waals surface area contributed by atoms with Crippen molar-refractivity contribution in [1.29, 1.82) is 0 Å². The van der Waals surface area contributed by atoms with E-state index in [0.717, 1.165) is 39.1 Å². The van der Waals surface area contributed by atoms with Gasteiger partial charge in [0.1, 0.15) is 0 Å². The van der Waals surface area contributed by atoms with Crippen molar-refractivity contribution < 1.29 is 0 Å². The van der Waals surface area contributed by atoms with E-state index in [1.54, 1.807) is 11.3 Å². The molecule has 1 aliphatic heterocycles. The summed E-state index contributed by atoms with van der Waals surface area (Å²) in [5.41, 5.74) is 6.61. The van der Waals surface area contributed by atoms with Gasteiger partial charge >= 0.3 is 0 Å². The van der Waals surface area contributed by atoms with Gasteiger partial charge in [0.25, 0.3) is 0 Å². The second kappa shape index (κ2) is 5.72. The molecule has 0 aliphatic carbocycles. The van der Waals surface area contributed by atoms with E-state index in [9.17, 15) is 0 Å². The highest BCUT2D eigenvalue weighted by atomic mass is 32.1. The lowest BCUT2D eigenvalue weighted by Crippen LogP contribution is -2.51. The van der Waals surface area contributed by atoms with Crippen LogP contribution in [0, 0.1) is 6.92 Å². The summed E-state index contributed by atoms with van der Waals surface area (Å²) in [4.78, 5) is 8.03. The quantitative estimate of drug-likeness (QED) is 0.841. The highest BCUT2D eigenvalue weighted by Gasteiger charge is 2.12. The highest BCUT2D eigenvalue weighted by Crippen LogP contribution is 2.11. The van der Waals surface area contributed by atoms with E-state index in [0.29, 0.717) is 0 Å². The first-order valence-electron chi connectivity index (χ1n) is 5.81. The predicted molar refractivity (Wildman–Crippen MR) is 67.6 cm³/mol. The van der Waals surface area contributed by atoms with Gasteiger partial charge in [0.15, 0.2) is 0 Å². The normalized spacial score (nSPS) is 19.1. The first kappa shape index (κ1) is 12.0. The fourth-order valence-corrected chi connectivity index (χ4v) is 2.64. The number of likely N-dealkylation sites (N-methyl/N-ethyl adjacent to an activating group) is 1. The van der Waals surface area contributed by atoms with Crippen LogP contribution in [0.4, 0.5) is 0 Å². The summed E-state index contributed by atoms with van der Waals surface area (Å²) in [7, 11) is 2.18. The summed E-state index contributed by atoms with van der Waals surface area (Å²) in [6.07, 6.45) is 1.09. The van der Waals surface area contributed by atoms with Gasteiger partial charge in [-0.2, -0.15) is 0 Å². The molecule has 1 saturated heterocycles. The van der Waals surface area contributed by atoms with Crippen molar-refractivity contribution in [2.24, 2.45) is 0 Å². The lowest BCUT2D eigenvalue weighted by molar-refractivity contribution is 0.105. The number of hydrogen-bond acceptors (Lipinski definition) is 5. The molecule has 0 aromatic carbocycles. The molecular formula is C11H20N4S. The molecule has 1 N–H and O–H groups in total. The lowest BCUT2D eigenvalue weighted by Gasteiger charge is -2.32. The molecule has 0 amide bonds. The van der Waals surface area contributed by atoms with Gasteiger partial charge in [-0.15, -0.1) is 11.3 Å². The van der Waals surface area contributed by atoms with Gasteiger partial charge < -0.3 is 4.90 Å². The molecule has 1 aromatic heterocycles.